The summed E-state index contributed by atoms with van der Waals surface area (Å²) >= 11 is 1.37. The summed E-state index contributed by atoms with van der Waals surface area (Å²) in [4.78, 5) is 29.3. The van der Waals surface area contributed by atoms with Crippen molar-refractivity contribution in [2.45, 2.75) is 20.0 Å². The molecule has 0 aliphatic carbocycles. The third kappa shape index (κ3) is 4.20. The van der Waals surface area contributed by atoms with Crippen LogP contribution in [0.5, 0.6) is 5.75 Å². The average Bonchev–Trinajstić information content (AvgIpc) is 3.17. The highest BCUT2D eigenvalue weighted by molar-refractivity contribution is 7.16. The van der Waals surface area contributed by atoms with E-state index in [1.54, 1.807) is 30.3 Å². The number of hydrogen-bond donors (Lipinski definition) is 1. The van der Waals surface area contributed by atoms with E-state index in [0.29, 0.717) is 22.1 Å². The van der Waals surface area contributed by atoms with Crippen LogP contribution in [0.2, 0.25) is 0 Å². The molecular weight excluding hydrogens is 407 g/mol. The SMILES string of the molecule is CCc1nn2c(=O)cc(COc3ccc(NC(=O)c4ccccc4F)cc3)nc2s1. The molecule has 7 nitrogen and oxygen atoms in total. The Labute approximate surface area is 174 Å². The van der Waals surface area contributed by atoms with Gasteiger partial charge in [-0.1, -0.05) is 30.4 Å². The van der Waals surface area contributed by atoms with Crippen molar-refractivity contribution < 1.29 is 13.9 Å². The van der Waals surface area contributed by atoms with E-state index in [-0.39, 0.29) is 17.7 Å². The molecule has 9 heteroatoms. The summed E-state index contributed by atoms with van der Waals surface area (Å²) in [6.45, 7) is 2.08. The van der Waals surface area contributed by atoms with Gasteiger partial charge in [0.25, 0.3) is 11.5 Å². The van der Waals surface area contributed by atoms with Crippen LogP contribution >= 0.6 is 11.3 Å². The van der Waals surface area contributed by atoms with E-state index in [4.69, 9.17) is 4.74 Å². The lowest BCUT2D eigenvalue weighted by Gasteiger charge is -2.08. The van der Waals surface area contributed by atoms with Gasteiger partial charge in [-0.3, -0.25) is 9.59 Å². The zero-order valence-electron chi connectivity index (χ0n) is 16.0. The zero-order chi connectivity index (χ0) is 21.1. The molecule has 2 aromatic carbocycles. The molecule has 0 radical (unpaired) electrons. The van der Waals surface area contributed by atoms with E-state index in [2.05, 4.69) is 15.4 Å². The van der Waals surface area contributed by atoms with Crippen LogP contribution < -0.4 is 15.6 Å². The second kappa shape index (κ2) is 8.42. The van der Waals surface area contributed by atoms with Crippen LogP contribution in [0.4, 0.5) is 10.1 Å². The maximum atomic E-state index is 13.7. The summed E-state index contributed by atoms with van der Waals surface area (Å²) in [5, 5.41) is 7.69. The third-order valence-corrected chi connectivity index (χ3v) is 5.31. The number of fused-ring (bicyclic) bond motifs is 1. The summed E-state index contributed by atoms with van der Waals surface area (Å²) in [6.07, 6.45) is 0.735. The molecule has 0 fully saturated rings. The van der Waals surface area contributed by atoms with Crippen LogP contribution in [-0.4, -0.2) is 20.5 Å². The molecular formula is C21H17FN4O3S. The van der Waals surface area contributed by atoms with Gasteiger partial charge in [0.2, 0.25) is 4.96 Å². The first kappa shape index (κ1) is 19.7. The van der Waals surface area contributed by atoms with Crippen molar-refractivity contribution in [2.75, 3.05) is 5.32 Å². The molecule has 0 aliphatic rings. The van der Waals surface area contributed by atoms with Crippen LogP contribution in [0.25, 0.3) is 4.96 Å². The topological polar surface area (TPSA) is 85.6 Å². The number of benzene rings is 2. The van der Waals surface area contributed by atoms with Crippen molar-refractivity contribution in [3.8, 4) is 5.75 Å². The lowest BCUT2D eigenvalue weighted by atomic mass is 10.2. The molecule has 2 aromatic heterocycles. The van der Waals surface area contributed by atoms with Gasteiger partial charge >= 0.3 is 0 Å². The third-order valence-electron chi connectivity index (χ3n) is 4.26. The highest BCUT2D eigenvalue weighted by Crippen LogP contribution is 2.18. The normalized spacial score (nSPS) is 10.9. The summed E-state index contributed by atoms with van der Waals surface area (Å²) in [5.74, 6) is -0.572. The molecule has 2 heterocycles. The van der Waals surface area contributed by atoms with Gasteiger partial charge in [0.1, 0.15) is 23.2 Å². The molecule has 30 heavy (non-hydrogen) atoms. The van der Waals surface area contributed by atoms with E-state index < -0.39 is 11.7 Å². The van der Waals surface area contributed by atoms with Gasteiger partial charge in [0.05, 0.1) is 11.3 Å². The Morgan fingerprint density at radius 2 is 1.97 bits per heavy atom. The minimum Gasteiger partial charge on any atom is -0.487 e. The number of amides is 1. The first-order valence-corrected chi connectivity index (χ1v) is 10.0. The van der Waals surface area contributed by atoms with Gasteiger partial charge in [-0.15, -0.1) is 0 Å². The molecule has 0 saturated heterocycles. The van der Waals surface area contributed by atoms with Crippen molar-refractivity contribution in [2.24, 2.45) is 0 Å². The molecule has 4 aromatic rings. The van der Waals surface area contributed by atoms with E-state index in [9.17, 15) is 14.0 Å². The van der Waals surface area contributed by atoms with Gasteiger partial charge < -0.3 is 10.1 Å². The number of carbonyl (C=O) groups is 1. The number of halogens is 1. The van der Waals surface area contributed by atoms with Crippen LogP contribution in [0.1, 0.15) is 28.0 Å². The fourth-order valence-electron chi connectivity index (χ4n) is 2.75. The van der Waals surface area contributed by atoms with Crippen molar-refractivity contribution in [3.63, 3.8) is 0 Å². The van der Waals surface area contributed by atoms with Crippen LogP contribution in [0, 0.1) is 5.82 Å². The van der Waals surface area contributed by atoms with Crippen LogP contribution in [0.3, 0.4) is 0 Å². The Kier molecular flexibility index (Phi) is 5.53. The lowest BCUT2D eigenvalue weighted by molar-refractivity contribution is 0.102. The summed E-state index contributed by atoms with van der Waals surface area (Å²) in [7, 11) is 0. The zero-order valence-corrected chi connectivity index (χ0v) is 16.8. The lowest BCUT2D eigenvalue weighted by Crippen LogP contribution is -2.16. The second-order valence-corrected chi connectivity index (χ2v) is 7.42. The quantitative estimate of drug-likeness (QED) is 0.510. The van der Waals surface area contributed by atoms with Gasteiger partial charge in [0, 0.05) is 11.8 Å². The maximum absolute atomic E-state index is 13.7. The minimum atomic E-state index is -0.581. The van der Waals surface area contributed by atoms with E-state index in [1.807, 2.05) is 6.92 Å². The fraction of sp³-hybridized carbons (Fsp3) is 0.143. The number of hydrogen-bond acceptors (Lipinski definition) is 6. The van der Waals surface area contributed by atoms with Crippen molar-refractivity contribution in [1.29, 1.82) is 0 Å². The number of ether oxygens (including phenoxy) is 1. The molecule has 4 rings (SSSR count). The van der Waals surface area contributed by atoms with Gasteiger partial charge in [0.15, 0.2) is 0 Å². The molecule has 0 saturated carbocycles. The maximum Gasteiger partial charge on any atom is 0.275 e. The Balaban J connectivity index is 1.41. The Hall–Kier alpha value is -3.59. The Morgan fingerprint density at radius 1 is 1.20 bits per heavy atom. The number of nitrogens with one attached hydrogen (secondary N) is 1. The molecule has 1 N–H and O–H groups in total. The first-order chi connectivity index (χ1) is 14.5. The predicted molar refractivity (Wildman–Crippen MR) is 112 cm³/mol. The Morgan fingerprint density at radius 3 is 2.70 bits per heavy atom. The number of aromatic nitrogens is 3. The minimum absolute atomic E-state index is 0.0279. The number of carbonyl (C=O) groups excluding carboxylic acids is 1. The molecule has 0 bridgehead atoms. The van der Waals surface area contributed by atoms with Crippen molar-refractivity contribution >= 4 is 27.9 Å². The van der Waals surface area contributed by atoms with Crippen molar-refractivity contribution in [3.05, 3.63) is 87.0 Å². The molecule has 0 atom stereocenters. The smallest absolute Gasteiger partial charge is 0.275 e. The van der Waals surface area contributed by atoms with Gasteiger partial charge in [-0.2, -0.15) is 9.61 Å². The van der Waals surface area contributed by atoms with E-state index in [0.717, 1.165) is 11.4 Å². The first-order valence-electron chi connectivity index (χ1n) is 9.21. The molecule has 1 amide bonds. The number of rotatable bonds is 6. The molecule has 152 valence electrons. The predicted octanol–water partition coefficient (Wildman–Crippen LogP) is 3.68. The second-order valence-electron chi connectivity index (χ2n) is 6.38. The highest BCUT2D eigenvalue weighted by Gasteiger charge is 2.11. The summed E-state index contributed by atoms with van der Waals surface area (Å²) in [6, 6.07) is 13.8. The highest BCUT2D eigenvalue weighted by atomic mass is 32.1. The van der Waals surface area contributed by atoms with Gasteiger partial charge in [-0.25, -0.2) is 9.37 Å². The molecule has 0 spiro atoms. The monoisotopic (exact) mass is 424 g/mol. The van der Waals surface area contributed by atoms with Crippen molar-refractivity contribution in [1.82, 2.24) is 14.6 Å². The summed E-state index contributed by atoms with van der Waals surface area (Å²) in [5.41, 5.74) is 0.731. The standard InChI is InChI=1S/C21H17FN4O3S/c1-2-18-25-26-19(27)11-14(24-21(26)30-18)12-29-15-9-7-13(8-10-15)23-20(28)16-5-3-4-6-17(16)22/h3-11H,2,12H2,1H3,(H,23,28). The average molecular weight is 424 g/mol. The van der Waals surface area contributed by atoms with Crippen LogP contribution in [-0.2, 0) is 13.0 Å². The van der Waals surface area contributed by atoms with E-state index >= 15 is 0 Å². The molecule has 0 unspecified atom stereocenters. The number of aryl methyl sites for hydroxylation is 1. The largest absolute Gasteiger partial charge is 0.487 e. The van der Waals surface area contributed by atoms with Gasteiger partial charge in [-0.05, 0) is 42.8 Å². The van der Waals surface area contributed by atoms with Crippen LogP contribution in [0.15, 0.2) is 59.4 Å². The fourth-order valence-corrected chi connectivity index (χ4v) is 3.61. The van der Waals surface area contributed by atoms with E-state index in [1.165, 1.54) is 40.1 Å². The number of nitrogens with zero attached hydrogens (tertiary/aromatic N) is 3. The molecule has 0 aliphatic heterocycles. The summed E-state index contributed by atoms with van der Waals surface area (Å²) < 4.78 is 20.7. The number of anilines is 1. The Bertz CT molecular complexity index is 1270.